The third-order valence-electron chi connectivity index (χ3n) is 13.3. The molecule has 0 spiro atoms. The molecule has 2 fully saturated rings. The summed E-state index contributed by atoms with van der Waals surface area (Å²) in [6.45, 7) is 3.44. The lowest BCUT2D eigenvalue weighted by molar-refractivity contribution is -0.332. The fourth-order valence-corrected chi connectivity index (χ4v) is 8.55. The van der Waals surface area contributed by atoms with E-state index >= 15 is 0 Å². The maximum atomic E-state index is 13.0. The van der Waals surface area contributed by atoms with E-state index in [1.54, 1.807) is 0 Å². The van der Waals surface area contributed by atoms with Crippen LogP contribution in [-0.4, -0.2) is 142 Å². The summed E-state index contributed by atoms with van der Waals surface area (Å²) in [4.78, 5) is 13.0. The van der Waals surface area contributed by atoms with Crippen molar-refractivity contribution in [2.24, 2.45) is 0 Å². The Labute approximate surface area is 464 Å². The Morgan fingerprint density at radius 1 is 0.442 bits per heavy atom. The maximum absolute atomic E-state index is 13.0. The van der Waals surface area contributed by atoms with E-state index in [1.807, 2.05) is 12.2 Å². The maximum Gasteiger partial charge on any atom is 0.306 e. The Balaban J connectivity index is 1.75. The summed E-state index contributed by atoms with van der Waals surface area (Å²) in [5.74, 6) is -0.463. The van der Waals surface area contributed by atoms with E-state index in [2.05, 4.69) is 111 Å². The van der Waals surface area contributed by atoms with Crippen LogP contribution >= 0.6 is 0 Å². The van der Waals surface area contributed by atoms with Gasteiger partial charge in [0, 0.05) is 13.0 Å². The summed E-state index contributed by atoms with van der Waals surface area (Å²) >= 11 is 0. The molecule has 0 bridgehead atoms. The summed E-state index contributed by atoms with van der Waals surface area (Å²) in [7, 11) is 0. The number of hydrogen-bond donors (Lipinski definition) is 7. The molecule has 2 aliphatic rings. The number of allylic oxidation sites excluding steroid dienone is 18. The van der Waals surface area contributed by atoms with Gasteiger partial charge in [-0.15, -0.1) is 0 Å². The minimum Gasteiger partial charge on any atom is -0.457 e. The third-order valence-corrected chi connectivity index (χ3v) is 13.3. The Morgan fingerprint density at radius 3 is 1.32 bits per heavy atom. The molecule has 0 aromatic carbocycles. The number of unbranched alkanes of at least 4 members (excludes halogenated alkanes) is 14. The molecular formula is C63H104O14. The average Bonchev–Trinajstić information content (AvgIpc) is 3.43. The van der Waals surface area contributed by atoms with Crippen molar-refractivity contribution in [3.8, 4) is 0 Å². The molecule has 2 rings (SSSR count). The molecule has 11 atom stereocenters. The van der Waals surface area contributed by atoms with Crippen molar-refractivity contribution in [3.63, 3.8) is 0 Å². The van der Waals surface area contributed by atoms with E-state index in [9.17, 15) is 40.5 Å². The van der Waals surface area contributed by atoms with Crippen LogP contribution in [0, 0.1) is 0 Å². The zero-order valence-corrected chi connectivity index (χ0v) is 47.2. The lowest BCUT2D eigenvalue weighted by Gasteiger charge is -2.42. The smallest absolute Gasteiger partial charge is 0.306 e. The van der Waals surface area contributed by atoms with Crippen LogP contribution < -0.4 is 0 Å². The molecule has 14 heteroatoms. The molecule has 14 nitrogen and oxygen atoms in total. The second kappa shape index (κ2) is 48.5. The normalized spacial score (nSPS) is 25.1. The van der Waals surface area contributed by atoms with Gasteiger partial charge < -0.3 is 64.2 Å². The number of carbonyl (C=O) groups excluding carboxylic acids is 1. The largest absolute Gasteiger partial charge is 0.457 e. The monoisotopic (exact) mass is 1080 g/mol. The summed E-state index contributed by atoms with van der Waals surface area (Å²) in [5, 5.41) is 72.4. The summed E-state index contributed by atoms with van der Waals surface area (Å²) < 4.78 is 34.3. The second-order valence-electron chi connectivity index (χ2n) is 20.1. The van der Waals surface area contributed by atoms with E-state index in [1.165, 1.54) is 77.0 Å². The third kappa shape index (κ3) is 35.1. The molecule has 440 valence electrons. The van der Waals surface area contributed by atoms with Crippen molar-refractivity contribution in [2.75, 3.05) is 33.0 Å². The minimum atomic E-state index is -1.73. The lowest BCUT2D eigenvalue weighted by atomic mass is 9.98. The number of rotatable bonds is 46. The van der Waals surface area contributed by atoms with Gasteiger partial charge in [0.2, 0.25) is 0 Å². The van der Waals surface area contributed by atoms with Crippen LogP contribution in [0.2, 0.25) is 0 Å². The zero-order chi connectivity index (χ0) is 55.8. The number of ether oxygens (including phenoxy) is 6. The molecule has 7 N–H and O–H groups in total. The topological polar surface area (TPSA) is 214 Å². The van der Waals surface area contributed by atoms with Crippen LogP contribution in [0.5, 0.6) is 0 Å². The number of carbonyl (C=O) groups is 1. The van der Waals surface area contributed by atoms with Gasteiger partial charge in [-0.2, -0.15) is 0 Å². The molecule has 11 unspecified atom stereocenters. The fraction of sp³-hybridized carbons (Fsp3) is 0.698. The highest BCUT2D eigenvalue weighted by Gasteiger charge is 2.47. The molecule has 0 saturated carbocycles. The molecule has 77 heavy (non-hydrogen) atoms. The van der Waals surface area contributed by atoms with Crippen molar-refractivity contribution in [1.82, 2.24) is 0 Å². The first-order chi connectivity index (χ1) is 37.6. The van der Waals surface area contributed by atoms with Gasteiger partial charge in [0.15, 0.2) is 12.6 Å². The molecular weight excluding hydrogens is 981 g/mol. The quantitative estimate of drug-likeness (QED) is 0.0172. The lowest BCUT2D eigenvalue weighted by Crippen LogP contribution is -2.61. The Hall–Kier alpha value is -3.35. The van der Waals surface area contributed by atoms with Gasteiger partial charge in [0.25, 0.3) is 0 Å². The van der Waals surface area contributed by atoms with E-state index in [0.29, 0.717) is 13.0 Å². The summed E-state index contributed by atoms with van der Waals surface area (Å²) in [6.07, 6.45) is 50.2. The molecule has 0 radical (unpaired) electrons. The molecule has 0 amide bonds. The van der Waals surface area contributed by atoms with Crippen molar-refractivity contribution < 1.29 is 69.0 Å². The number of aliphatic hydroxyl groups is 7. The summed E-state index contributed by atoms with van der Waals surface area (Å²) in [5.41, 5.74) is 0. The van der Waals surface area contributed by atoms with Crippen LogP contribution in [0.4, 0.5) is 0 Å². The Kier molecular flexibility index (Phi) is 44.0. The van der Waals surface area contributed by atoms with E-state index in [0.717, 1.165) is 77.0 Å². The van der Waals surface area contributed by atoms with Gasteiger partial charge in [-0.25, -0.2) is 0 Å². The number of hydrogen-bond acceptors (Lipinski definition) is 14. The van der Waals surface area contributed by atoms with Gasteiger partial charge in [0.1, 0.15) is 54.9 Å². The van der Waals surface area contributed by atoms with Gasteiger partial charge >= 0.3 is 5.97 Å². The van der Waals surface area contributed by atoms with E-state index in [4.69, 9.17) is 28.4 Å². The molecule has 2 aliphatic heterocycles. The minimum absolute atomic E-state index is 0.0200. The van der Waals surface area contributed by atoms with Crippen LogP contribution in [-0.2, 0) is 33.2 Å². The predicted molar refractivity (Wildman–Crippen MR) is 307 cm³/mol. The highest BCUT2D eigenvalue weighted by Crippen LogP contribution is 2.26. The van der Waals surface area contributed by atoms with Crippen molar-refractivity contribution in [2.45, 2.75) is 248 Å². The highest BCUT2D eigenvalue weighted by atomic mass is 16.7. The Bertz CT molecular complexity index is 1690. The van der Waals surface area contributed by atoms with Crippen LogP contribution in [0.15, 0.2) is 109 Å². The highest BCUT2D eigenvalue weighted by molar-refractivity contribution is 5.69. The SMILES string of the molecule is CC/C=C\C/C=C\C/C=C\C/C=C\C/C=C\C/C=C\CCC(=O)OC(COCCCCCCCCCCC/C=C\C/C=C\C/C=C\CCCCCCC)COC1OC(COC2OC(CO)C(O)C(O)C2O)C(O)C(O)C1O. The fourth-order valence-electron chi connectivity index (χ4n) is 8.55. The van der Waals surface area contributed by atoms with Gasteiger partial charge in [-0.05, 0) is 89.9 Å². The predicted octanol–water partition coefficient (Wildman–Crippen LogP) is 10.7. The van der Waals surface area contributed by atoms with E-state index < -0.39 is 86.7 Å². The van der Waals surface area contributed by atoms with Crippen molar-refractivity contribution >= 4 is 5.97 Å². The van der Waals surface area contributed by atoms with Gasteiger partial charge in [-0.3, -0.25) is 4.79 Å². The number of esters is 1. The molecule has 2 saturated heterocycles. The van der Waals surface area contributed by atoms with Crippen LogP contribution in [0.3, 0.4) is 0 Å². The van der Waals surface area contributed by atoms with Crippen LogP contribution in [0.1, 0.15) is 181 Å². The van der Waals surface area contributed by atoms with Crippen molar-refractivity contribution in [1.29, 1.82) is 0 Å². The van der Waals surface area contributed by atoms with Gasteiger partial charge in [-0.1, -0.05) is 194 Å². The van der Waals surface area contributed by atoms with E-state index in [-0.39, 0.29) is 19.6 Å². The van der Waals surface area contributed by atoms with Crippen molar-refractivity contribution in [3.05, 3.63) is 109 Å². The Morgan fingerprint density at radius 2 is 0.844 bits per heavy atom. The zero-order valence-electron chi connectivity index (χ0n) is 47.2. The molecule has 2 heterocycles. The first kappa shape index (κ1) is 69.8. The number of aliphatic hydroxyl groups excluding tert-OH is 7. The first-order valence-electron chi connectivity index (χ1n) is 29.5. The second-order valence-corrected chi connectivity index (χ2v) is 20.1. The van der Waals surface area contributed by atoms with Gasteiger partial charge in [0.05, 0.1) is 26.4 Å². The molecule has 0 aliphatic carbocycles. The molecule has 0 aromatic rings. The van der Waals surface area contributed by atoms with Crippen LogP contribution in [0.25, 0.3) is 0 Å². The standard InChI is InChI=1S/C63H104O14/c1-3-5-7-9-11-13-15-17-19-21-23-24-25-26-27-29-31-33-35-37-39-41-43-45-47-72-49-52(75-55(65)46-44-42-40-38-36-34-32-30-28-22-20-18-16-14-12-10-8-6-4-2)50-73-62-61(71)59(69)57(67)54(77-62)51-74-63-60(70)58(68)56(66)53(48-64)76-63/h6,8,12,14-15,17-18,20-21,23,25-26,28,30,34,36,40,42,52-54,56-64,66-71H,3-5,7,9-11,13,16,19,22,24,27,29,31-33,35,37-39,41,43-51H2,1-2H3/b8-6-,14-12-,17-15-,20-18-,23-21-,26-25-,30-28-,36-34-,42-40-. The summed E-state index contributed by atoms with van der Waals surface area (Å²) in [6, 6.07) is 0. The molecule has 0 aromatic heterocycles. The first-order valence-corrected chi connectivity index (χ1v) is 29.5. The average molecular weight is 1090 g/mol.